The fraction of sp³-hybridized carbons (Fsp3) is 0.273. The number of rotatable bonds is 3. The number of hydrogen-bond donors (Lipinski definition) is 1. The molecule has 0 spiro atoms. The average Bonchev–Trinajstić information content (AvgIpc) is 3.33. The molecular weight excluding hydrogens is 417 g/mol. The number of halogens is 1. The zero-order valence-electron chi connectivity index (χ0n) is 17.0. The molecule has 32 heavy (non-hydrogen) atoms. The summed E-state index contributed by atoms with van der Waals surface area (Å²) in [5, 5.41) is 10.5. The highest BCUT2D eigenvalue weighted by molar-refractivity contribution is 5.98. The van der Waals surface area contributed by atoms with Crippen LogP contribution in [0.2, 0.25) is 0 Å². The molecule has 1 saturated heterocycles. The molecule has 9 nitrogen and oxygen atoms in total. The van der Waals surface area contributed by atoms with Crippen molar-refractivity contribution in [2.24, 2.45) is 0 Å². The van der Waals surface area contributed by atoms with Gasteiger partial charge < -0.3 is 19.3 Å². The number of amides is 2. The Kier molecular flexibility index (Phi) is 5.18. The van der Waals surface area contributed by atoms with Crippen LogP contribution in [0.5, 0.6) is 11.5 Å². The lowest BCUT2D eigenvalue weighted by Crippen LogP contribution is -2.55. The molecule has 164 valence electrons. The summed E-state index contributed by atoms with van der Waals surface area (Å²) in [7, 11) is 0. The van der Waals surface area contributed by atoms with Gasteiger partial charge in [0, 0.05) is 31.7 Å². The lowest BCUT2D eigenvalue weighted by Gasteiger charge is -2.37. The number of H-pyrrole nitrogens is 1. The van der Waals surface area contributed by atoms with E-state index < -0.39 is 6.10 Å². The summed E-state index contributed by atoms with van der Waals surface area (Å²) in [4.78, 5) is 29.2. The molecule has 0 aliphatic carbocycles. The van der Waals surface area contributed by atoms with Crippen LogP contribution >= 0.6 is 0 Å². The van der Waals surface area contributed by atoms with Gasteiger partial charge in [-0.15, -0.1) is 0 Å². The highest BCUT2D eigenvalue weighted by Gasteiger charge is 2.34. The second kappa shape index (κ2) is 8.29. The van der Waals surface area contributed by atoms with Gasteiger partial charge >= 0.3 is 0 Å². The summed E-state index contributed by atoms with van der Waals surface area (Å²) < 4.78 is 24.7. The van der Waals surface area contributed by atoms with E-state index in [1.807, 2.05) is 12.1 Å². The normalized spacial score (nSPS) is 17.8. The van der Waals surface area contributed by atoms with E-state index in [-0.39, 0.29) is 29.9 Å². The molecule has 5 rings (SSSR count). The van der Waals surface area contributed by atoms with Crippen LogP contribution in [0.15, 0.2) is 48.5 Å². The summed E-state index contributed by atoms with van der Waals surface area (Å²) >= 11 is 0. The molecule has 0 bridgehead atoms. The predicted octanol–water partition coefficient (Wildman–Crippen LogP) is 1.74. The number of benzene rings is 2. The Labute approximate surface area is 182 Å². The number of aromatic amines is 1. The van der Waals surface area contributed by atoms with E-state index >= 15 is 0 Å². The third kappa shape index (κ3) is 3.75. The van der Waals surface area contributed by atoms with Crippen molar-refractivity contribution < 1.29 is 23.5 Å². The third-order valence-corrected chi connectivity index (χ3v) is 5.53. The first-order chi connectivity index (χ1) is 15.6. The molecule has 1 atom stereocenters. The van der Waals surface area contributed by atoms with Crippen molar-refractivity contribution in [3.05, 3.63) is 60.0 Å². The van der Waals surface area contributed by atoms with E-state index in [0.717, 1.165) is 0 Å². The Bertz CT molecular complexity index is 1140. The zero-order chi connectivity index (χ0) is 22.1. The number of piperazine rings is 1. The van der Waals surface area contributed by atoms with Crippen LogP contribution in [0.1, 0.15) is 10.5 Å². The van der Waals surface area contributed by atoms with Gasteiger partial charge in [0.15, 0.2) is 17.2 Å². The molecule has 0 unspecified atom stereocenters. The van der Waals surface area contributed by atoms with Crippen molar-refractivity contribution in [3.63, 3.8) is 0 Å². The zero-order valence-corrected chi connectivity index (χ0v) is 17.0. The number of hydrogen-bond acceptors (Lipinski definition) is 6. The smallest absolute Gasteiger partial charge is 0.276 e. The molecule has 2 aromatic carbocycles. The summed E-state index contributed by atoms with van der Waals surface area (Å²) in [6.45, 7) is 1.59. The maximum absolute atomic E-state index is 13.2. The molecule has 2 aliphatic rings. The second-order valence-electron chi connectivity index (χ2n) is 7.51. The van der Waals surface area contributed by atoms with Crippen molar-refractivity contribution in [3.8, 4) is 22.8 Å². The fourth-order valence-corrected chi connectivity index (χ4v) is 3.81. The monoisotopic (exact) mass is 437 g/mol. The molecule has 3 heterocycles. The quantitative estimate of drug-likeness (QED) is 0.670. The van der Waals surface area contributed by atoms with Crippen LogP contribution in [0.25, 0.3) is 11.3 Å². The maximum atomic E-state index is 13.2. The molecule has 2 aliphatic heterocycles. The minimum atomic E-state index is -0.715. The van der Waals surface area contributed by atoms with E-state index in [1.54, 1.807) is 34.1 Å². The van der Waals surface area contributed by atoms with E-state index in [2.05, 4.69) is 15.4 Å². The van der Waals surface area contributed by atoms with Crippen molar-refractivity contribution in [1.82, 2.24) is 25.2 Å². The number of aromatic nitrogens is 3. The lowest BCUT2D eigenvalue weighted by atomic mass is 10.1. The van der Waals surface area contributed by atoms with Gasteiger partial charge in [0.05, 0.1) is 0 Å². The van der Waals surface area contributed by atoms with Crippen LogP contribution in [-0.4, -0.2) is 75.9 Å². The summed E-state index contributed by atoms with van der Waals surface area (Å²) in [5.74, 6) is 0.333. The predicted molar refractivity (Wildman–Crippen MR) is 111 cm³/mol. The van der Waals surface area contributed by atoms with Crippen LogP contribution in [-0.2, 0) is 4.79 Å². The van der Waals surface area contributed by atoms with Crippen LogP contribution < -0.4 is 9.47 Å². The van der Waals surface area contributed by atoms with Gasteiger partial charge in [-0.1, -0.05) is 12.1 Å². The van der Waals surface area contributed by atoms with Gasteiger partial charge in [0.25, 0.3) is 11.8 Å². The Balaban J connectivity index is 1.22. The number of ether oxygens (including phenoxy) is 2. The number of carbonyl (C=O) groups is 2. The molecule has 1 aromatic heterocycles. The molecule has 1 N–H and O–H groups in total. The molecule has 3 aromatic rings. The topological polar surface area (TPSA) is 101 Å². The fourth-order valence-electron chi connectivity index (χ4n) is 3.81. The SMILES string of the molecule is O=C(c1n[nH]nc1-c1ccc(F)cc1)N1CCN(C(=O)[C@@H]2COc3ccccc3O2)CC1. The van der Waals surface area contributed by atoms with Gasteiger partial charge in [-0.3, -0.25) is 9.59 Å². The molecule has 0 radical (unpaired) electrons. The first kappa shape index (κ1) is 20.0. The van der Waals surface area contributed by atoms with E-state index in [1.165, 1.54) is 12.1 Å². The molecular formula is C22H20FN5O4. The van der Waals surface area contributed by atoms with Crippen LogP contribution in [0.4, 0.5) is 4.39 Å². The minimum absolute atomic E-state index is 0.148. The first-order valence-electron chi connectivity index (χ1n) is 10.2. The largest absolute Gasteiger partial charge is 0.485 e. The maximum Gasteiger partial charge on any atom is 0.276 e. The number of fused-ring (bicyclic) bond motifs is 1. The van der Waals surface area contributed by atoms with Gasteiger partial charge in [0.1, 0.15) is 18.1 Å². The highest BCUT2D eigenvalue weighted by atomic mass is 19.1. The number of nitrogens with zero attached hydrogens (tertiary/aromatic N) is 4. The third-order valence-electron chi connectivity index (χ3n) is 5.53. The first-order valence-corrected chi connectivity index (χ1v) is 10.2. The molecule has 1 fully saturated rings. The van der Waals surface area contributed by atoms with Crippen molar-refractivity contribution >= 4 is 11.8 Å². The van der Waals surface area contributed by atoms with Gasteiger partial charge in [-0.2, -0.15) is 15.4 Å². The van der Waals surface area contributed by atoms with Gasteiger partial charge in [-0.25, -0.2) is 4.39 Å². The Morgan fingerprint density at radius 1 is 0.938 bits per heavy atom. The second-order valence-corrected chi connectivity index (χ2v) is 7.51. The Hall–Kier alpha value is -3.95. The Morgan fingerprint density at radius 2 is 1.62 bits per heavy atom. The van der Waals surface area contributed by atoms with Gasteiger partial charge in [-0.05, 0) is 36.4 Å². The minimum Gasteiger partial charge on any atom is -0.485 e. The Morgan fingerprint density at radius 3 is 2.38 bits per heavy atom. The molecule has 10 heteroatoms. The lowest BCUT2D eigenvalue weighted by molar-refractivity contribution is -0.142. The standard InChI is InChI=1S/C22H20FN5O4/c23-15-7-5-14(6-8-15)19-20(25-26-24-19)22(30)28-11-9-27(10-12-28)21(29)18-13-31-16-3-1-2-4-17(16)32-18/h1-8,18H,9-13H2,(H,24,25,26)/t18-/m0/s1. The number of para-hydroxylation sites is 2. The summed E-state index contributed by atoms with van der Waals surface area (Å²) in [6, 6.07) is 12.9. The van der Waals surface area contributed by atoms with E-state index in [4.69, 9.17) is 9.47 Å². The van der Waals surface area contributed by atoms with Crippen LogP contribution in [0.3, 0.4) is 0 Å². The summed E-state index contributed by atoms with van der Waals surface area (Å²) in [6.07, 6.45) is -0.715. The average molecular weight is 437 g/mol. The van der Waals surface area contributed by atoms with E-state index in [9.17, 15) is 14.0 Å². The molecule has 2 amide bonds. The number of nitrogens with one attached hydrogen (secondary N) is 1. The molecule has 0 saturated carbocycles. The number of carbonyl (C=O) groups excluding carboxylic acids is 2. The van der Waals surface area contributed by atoms with Crippen molar-refractivity contribution in [2.75, 3.05) is 32.8 Å². The van der Waals surface area contributed by atoms with E-state index in [0.29, 0.717) is 48.9 Å². The van der Waals surface area contributed by atoms with Crippen molar-refractivity contribution in [1.29, 1.82) is 0 Å². The van der Waals surface area contributed by atoms with Crippen molar-refractivity contribution in [2.45, 2.75) is 6.10 Å². The van der Waals surface area contributed by atoms with Gasteiger partial charge in [0.2, 0.25) is 6.10 Å². The highest BCUT2D eigenvalue weighted by Crippen LogP contribution is 2.31. The summed E-state index contributed by atoms with van der Waals surface area (Å²) in [5.41, 5.74) is 1.11. The van der Waals surface area contributed by atoms with Crippen LogP contribution in [0, 0.1) is 5.82 Å².